The number of hydrogen-bond donors (Lipinski definition) is 1. The van der Waals surface area contributed by atoms with Gasteiger partial charge in [0.15, 0.2) is 11.4 Å². The lowest BCUT2D eigenvalue weighted by Crippen LogP contribution is -2.25. The third-order valence-corrected chi connectivity index (χ3v) is 9.55. The van der Waals surface area contributed by atoms with Crippen molar-refractivity contribution in [1.82, 2.24) is 9.46 Å². The number of rotatable bonds is 22. The van der Waals surface area contributed by atoms with Crippen LogP contribution in [0.2, 0.25) is 0 Å². The molecule has 1 atom stereocenters. The highest BCUT2D eigenvalue weighted by molar-refractivity contribution is 7.89. The highest BCUT2D eigenvalue weighted by Gasteiger charge is 2.24. The summed E-state index contributed by atoms with van der Waals surface area (Å²) in [5.41, 5.74) is -0.649. The van der Waals surface area contributed by atoms with Gasteiger partial charge in [0.25, 0.3) is 11.2 Å². The van der Waals surface area contributed by atoms with Gasteiger partial charge in [-0.1, -0.05) is 128 Å². The summed E-state index contributed by atoms with van der Waals surface area (Å²) in [6, 6.07) is 13.6. The molecule has 242 valence electrons. The average Bonchev–Trinajstić information content (AvgIpc) is 3.41. The molecule has 3 rings (SSSR count). The maximum Gasteiger partial charge on any atom is 0.297 e. The fraction of sp³-hybridized carbons (Fsp3) is 0.559. The van der Waals surface area contributed by atoms with Crippen LogP contribution in [0.5, 0.6) is 0 Å². The Balaban J connectivity index is 1.41. The summed E-state index contributed by atoms with van der Waals surface area (Å²) >= 11 is 0. The summed E-state index contributed by atoms with van der Waals surface area (Å²) in [7, 11) is -3.97. The maximum absolute atomic E-state index is 12.9. The van der Waals surface area contributed by atoms with Crippen LogP contribution in [0.1, 0.15) is 110 Å². The van der Waals surface area contributed by atoms with Crippen molar-refractivity contribution in [3.05, 3.63) is 75.1 Å². The van der Waals surface area contributed by atoms with Gasteiger partial charge in [0.05, 0.1) is 15.9 Å². The van der Waals surface area contributed by atoms with Gasteiger partial charge in [0, 0.05) is 18.2 Å². The molecule has 0 amide bonds. The number of hydrogen-bond acceptors (Lipinski definition) is 6. The highest BCUT2D eigenvalue weighted by atomic mass is 32.2. The first-order valence-corrected chi connectivity index (χ1v) is 17.8. The van der Waals surface area contributed by atoms with Gasteiger partial charge in [-0.05, 0) is 30.9 Å². The van der Waals surface area contributed by atoms with E-state index in [0.717, 1.165) is 23.6 Å². The number of unbranched alkanes of at least 4 members (excludes halogenated alkanes) is 11. The third kappa shape index (κ3) is 11.4. The van der Waals surface area contributed by atoms with Crippen LogP contribution in [-0.2, 0) is 10.0 Å². The van der Waals surface area contributed by atoms with Gasteiger partial charge in [-0.25, -0.2) is 13.1 Å². The van der Waals surface area contributed by atoms with Crippen LogP contribution in [0.25, 0.3) is 17.0 Å². The van der Waals surface area contributed by atoms with Gasteiger partial charge in [-0.15, -0.1) is 4.74 Å². The van der Waals surface area contributed by atoms with Crippen LogP contribution in [0.3, 0.4) is 0 Å². The third-order valence-electron chi connectivity index (χ3n) is 8.09. The topological polar surface area (TPSA) is 124 Å². The van der Waals surface area contributed by atoms with Gasteiger partial charge in [-0.3, -0.25) is 14.9 Å². The van der Waals surface area contributed by atoms with Gasteiger partial charge < -0.3 is 4.52 Å². The number of nitro benzene ring substituents is 1. The number of aromatic nitrogens is 1. The first-order valence-electron chi connectivity index (χ1n) is 16.3. The van der Waals surface area contributed by atoms with E-state index >= 15 is 0 Å². The number of nitrogens with one attached hydrogen (secondary N) is 1. The molecule has 0 saturated carbocycles. The van der Waals surface area contributed by atoms with Crippen molar-refractivity contribution in [2.24, 2.45) is 5.92 Å². The van der Waals surface area contributed by atoms with Crippen molar-refractivity contribution in [2.75, 3.05) is 6.54 Å². The fourth-order valence-electron chi connectivity index (χ4n) is 5.45. The van der Waals surface area contributed by atoms with E-state index in [9.17, 15) is 23.3 Å². The molecule has 10 heteroatoms. The first kappa shape index (κ1) is 35.2. The standard InChI is InChI=1S/C34H49N3O6S/c1-3-4-5-6-7-8-9-10-11-12-13-15-19-28(2)20-18-25-35-44(41,42)30-23-24-31(32(26-30)37(39)40)36-34(38)27-33(43-36)29-21-16-14-17-22-29/h14,16-17,21-24,26-28,35H,3-13,15,18-20,25H2,1-2H3. The molecular weight excluding hydrogens is 578 g/mol. The van der Waals surface area contributed by atoms with E-state index in [0.29, 0.717) is 17.9 Å². The number of sulfonamides is 1. The van der Waals surface area contributed by atoms with Crippen LogP contribution >= 0.6 is 0 Å². The van der Waals surface area contributed by atoms with Gasteiger partial charge in [0.1, 0.15) is 0 Å². The maximum atomic E-state index is 12.9. The Bertz CT molecular complexity index is 1450. The van der Waals surface area contributed by atoms with Crippen LogP contribution in [0.15, 0.2) is 68.8 Å². The van der Waals surface area contributed by atoms with Crippen LogP contribution in [0, 0.1) is 16.0 Å². The van der Waals surface area contributed by atoms with Crippen molar-refractivity contribution >= 4 is 15.7 Å². The first-order chi connectivity index (χ1) is 21.2. The molecule has 0 aliphatic heterocycles. The quantitative estimate of drug-likeness (QED) is 0.0674. The van der Waals surface area contributed by atoms with Gasteiger partial charge in [0.2, 0.25) is 10.0 Å². The van der Waals surface area contributed by atoms with Gasteiger partial charge in [-0.2, -0.15) is 0 Å². The van der Waals surface area contributed by atoms with E-state index in [2.05, 4.69) is 18.6 Å². The Morgan fingerprint density at radius 2 is 1.43 bits per heavy atom. The van der Waals surface area contributed by atoms with E-state index in [1.165, 1.54) is 95.2 Å². The Morgan fingerprint density at radius 1 is 0.841 bits per heavy atom. The molecule has 0 saturated heterocycles. The largest absolute Gasteiger partial charge is 0.371 e. The van der Waals surface area contributed by atoms with E-state index in [1.807, 2.05) is 6.07 Å². The fourth-order valence-corrected chi connectivity index (χ4v) is 6.55. The summed E-state index contributed by atoms with van der Waals surface area (Å²) in [4.78, 5) is 23.5. The minimum atomic E-state index is -3.97. The molecular formula is C34H49N3O6S. The van der Waals surface area contributed by atoms with Crippen molar-refractivity contribution in [2.45, 2.75) is 115 Å². The predicted molar refractivity (Wildman–Crippen MR) is 176 cm³/mol. The van der Waals surface area contributed by atoms with Crippen molar-refractivity contribution in [1.29, 1.82) is 0 Å². The minimum Gasteiger partial charge on any atom is -0.371 e. The normalized spacial score (nSPS) is 12.4. The summed E-state index contributed by atoms with van der Waals surface area (Å²) in [5, 5.41) is 11.9. The molecule has 0 bridgehead atoms. The molecule has 2 aromatic carbocycles. The second kappa shape index (κ2) is 18.5. The van der Waals surface area contributed by atoms with Gasteiger partial charge >= 0.3 is 0 Å². The molecule has 0 spiro atoms. The summed E-state index contributed by atoms with van der Waals surface area (Å²) in [6.07, 6.45) is 18.7. The molecule has 44 heavy (non-hydrogen) atoms. The molecule has 0 radical (unpaired) electrons. The zero-order valence-electron chi connectivity index (χ0n) is 26.3. The summed E-state index contributed by atoms with van der Waals surface area (Å²) in [5.74, 6) is 0.756. The average molecular weight is 628 g/mol. The second-order valence-corrected chi connectivity index (χ2v) is 13.6. The van der Waals surface area contributed by atoms with E-state index in [1.54, 1.807) is 24.3 Å². The second-order valence-electron chi connectivity index (χ2n) is 11.8. The van der Waals surface area contributed by atoms with E-state index in [4.69, 9.17) is 4.52 Å². The van der Waals surface area contributed by atoms with Crippen molar-refractivity contribution in [3.63, 3.8) is 0 Å². The summed E-state index contributed by atoms with van der Waals surface area (Å²) < 4.78 is 34.8. The molecule has 0 fully saturated rings. The monoisotopic (exact) mass is 627 g/mol. The zero-order valence-corrected chi connectivity index (χ0v) is 27.2. The Morgan fingerprint density at radius 3 is 2.05 bits per heavy atom. The number of benzene rings is 2. The highest BCUT2D eigenvalue weighted by Crippen LogP contribution is 2.28. The number of nitrogens with zero attached hydrogens (tertiary/aromatic N) is 2. The molecule has 1 heterocycles. The van der Waals surface area contributed by atoms with E-state index < -0.39 is 26.2 Å². The smallest absolute Gasteiger partial charge is 0.297 e. The lowest BCUT2D eigenvalue weighted by molar-refractivity contribution is -0.385. The molecule has 0 aliphatic rings. The Labute approximate surface area is 262 Å². The SMILES string of the molecule is CCCCCCCCCCCCCCC(C)CCCNS(=O)(=O)c1ccc(-n2oc(-c3ccccc3)cc2=O)c([N+](=O)[O-])c1. The minimum absolute atomic E-state index is 0.146. The summed E-state index contributed by atoms with van der Waals surface area (Å²) in [6.45, 7) is 4.71. The Kier molecular flexibility index (Phi) is 14.9. The van der Waals surface area contributed by atoms with Crippen LogP contribution < -0.4 is 10.3 Å². The predicted octanol–water partition coefficient (Wildman–Crippen LogP) is 8.79. The lowest BCUT2D eigenvalue weighted by atomic mass is 9.97. The molecule has 0 aliphatic carbocycles. The molecule has 1 N–H and O–H groups in total. The van der Waals surface area contributed by atoms with Crippen molar-refractivity contribution < 1.29 is 17.9 Å². The Hall–Kier alpha value is -3.24. The molecule has 9 nitrogen and oxygen atoms in total. The number of nitro groups is 1. The van der Waals surface area contributed by atoms with Crippen LogP contribution in [0.4, 0.5) is 5.69 Å². The van der Waals surface area contributed by atoms with E-state index in [-0.39, 0.29) is 22.9 Å². The molecule has 3 aromatic rings. The molecule has 1 unspecified atom stereocenters. The lowest BCUT2D eigenvalue weighted by Gasteiger charge is -2.12. The zero-order chi connectivity index (χ0) is 31.8. The molecule has 1 aromatic heterocycles. The van der Waals surface area contributed by atoms with Crippen molar-refractivity contribution in [3.8, 4) is 17.0 Å². The van der Waals surface area contributed by atoms with Crippen LogP contribution in [-0.4, -0.2) is 24.6 Å².